The zero-order chi connectivity index (χ0) is 12.6. The largest absolute Gasteiger partial charge is 0.275 e. The molecule has 1 heterocycles. The molecule has 1 aliphatic heterocycles. The third kappa shape index (κ3) is 1.66. The molecule has 1 aromatic rings. The van der Waals surface area contributed by atoms with Gasteiger partial charge in [-0.3, -0.25) is 15.2 Å². The molecule has 4 heteroatoms. The van der Waals surface area contributed by atoms with Crippen LogP contribution in [0.5, 0.6) is 0 Å². The van der Waals surface area contributed by atoms with Crippen molar-refractivity contribution in [1.29, 1.82) is 5.26 Å². The summed E-state index contributed by atoms with van der Waals surface area (Å²) in [5, 5.41) is 10.6. The Morgan fingerprint density at radius 3 is 2.71 bits per heavy atom. The van der Waals surface area contributed by atoms with Gasteiger partial charge < -0.3 is 0 Å². The fraction of sp³-hybridized carbons (Fsp3) is 0.231. The second-order valence-corrected chi connectivity index (χ2v) is 4.48. The summed E-state index contributed by atoms with van der Waals surface area (Å²) in [6, 6.07) is 9.18. The van der Waals surface area contributed by atoms with Gasteiger partial charge in [0.25, 0.3) is 5.91 Å². The van der Waals surface area contributed by atoms with E-state index in [9.17, 15) is 4.79 Å². The lowest BCUT2D eigenvalue weighted by Gasteiger charge is -2.31. The summed E-state index contributed by atoms with van der Waals surface area (Å²) in [5.41, 5.74) is 4.10. The summed E-state index contributed by atoms with van der Waals surface area (Å²) < 4.78 is 0. The number of anilines is 1. The van der Waals surface area contributed by atoms with E-state index in [0.29, 0.717) is 11.1 Å². The van der Waals surface area contributed by atoms with E-state index in [4.69, 9.17) is 5.26 Å². The maximum Gasteiger partial charge on any atom is 0.267 e. The van der Waals surface area contributed by atoms with Gasteiger partial charge in [0.15, 0.2) is 0 Å². The molecular formula is C13H13N3O. The average Bonchev–Trinajstić information content (AvgIpc) is 2.53. The summed E-state index contributed by atoms with van der Waals surface area (Å²) in [5.74, 6) is -0.183. The highest BCUT2D eigenvalue weighted by molar-refractivity contribution is 6.00. The molecule has 1 N–H and O–H groups in total. The first-order chi connectivity index (χ1) is 7.96. The second kappa shape index (κ2) is 3.63. The highest BCUT2D eigenvalue weighted by Gasteiger charge is 2.41. The number of hydrazine groups is 1. The van der Waals surface area contributed by atoms with E-state index < -0.39 is 5.54 Å². The van der Waals surface area contributed by atoms with Gasteiger partial charge in [0.1, 0.15) is 0 Å². The molecule has 1 saturated heterocycles. The van der Waals surface area contributed by atoms with Crippen LogP contribution in [0.15, 0.2) is 36.4 Å². The minimum Gasteiger partial charge on any atom is -0.275 e. The third-order valence-corrected chi connectivity index (χ3v) is 3.02. The Kier molecular flexibility index (Phi) is 2.40. The first kappa shape index (κ1) is 11.2. The highest BCUT2D eigenvalue weighted by atomic mass is 16.2. The van der Waals surface area contributed by atoms with Crippen LogP contribution < -0.4 is 10.4 Å². The third-order valence-electron chi connectivity index (χ3n) is 3.02. The van der Waals surface area contributed by atoms with Gasteiger partial charge in [-0.25, -0.2) is 0 Å². The van der Waals surface area contributed by atoms with Gasteiger partial charge in [0.2, 0.25) is 0 Å². The summed E-state index contributed by atoms with van der Waals surface area (Å²) in [4.78, 5) is 11.6. The van der Waals surface area contributed by atoms with E-state index in [2.05, 4.69) is 18.1 Å². The number of nitriles is 1. The lowest BCUT2D eigenvalue weighted by molar-refractivity contribution is -0.116. The summed E-state index contributed by atoms with van der Waals surface area (Å²) >= 11 is 0. The summed E-state index contributed by atoms with van der Waals surface area (Å²) in [6.07, 6.45) is 0. The number of hydrogen-bond donors (Lipinski definition) is 1. The van der Waals surface area contributed by atoms with Crippen LogP contribution in [0, 0.1) is 11.3 Å². The van der Waals surface area contributed by atoms with E-state index in [0.717, 1.165) is 5.69 Å². The smallest absolute Gasteiger partial charge is 0.267 e. The van der Waals surface area contributed by atoms with E-state index in [1.54, 1.807) is 23.2 Å². The topological polar surface area (TPSA) is 56.1 Å². The Balaban J connectivity index is 2.45. The quantitative estimate of drug-likeness (QED) is 0.743. The number of amides is 1. The maximum atomic E-state index is 11.6. The predicted octanol–water partition coefficient (Wildman–Crippen LogP) is 1.74. The fourth-order valence-corrected chi connectivity index (χ4v) is 1.82. The monoisotopic (exact) mass is 227 g/mol. The molecular weight excluding hydrogens is 214 g/mol. The van der Waals surface area contributed by atoms with Crippen LogP contribution in [0.2, 0.25) is 0 Å². The van der Waals surface area contributed by atoms with E-state index in [1.807, 2.05) is 19.9 Å². The van der Waals surface area contributed by atoms with E-state index in [1.165, 1.54) is 0 Å². The molecule has 2 rings (SSSR count). The van der Waals surface area contributed by atoms with Gasteiger partial charge >= 0.3 is 0 Å². The van der Waals surface area contributed by atoms with E-state index in [-0.39, 0.29) is 5.91 Å². The van der Waals surface area contributed by atoms with Gasteiger partial charge in [-0.05, 0) is 32.0 Å². The molecule has 0 radical (unpaired) electrons. The highest BCUT2D eigenvalue weighted by Crippen LogP contribution is 2.32. The van der Waals surface area contributed by atoms with Gasteiger partial charge in [-0.1, -0.05) is 12.6 Å². The maximum absolute atomic E-state index is 11.6. The SMILES string of the molecule is C=C1C(=O)NN(c2cccc(C#N)c2)C1(C)C. The first-order valence-corrected chi connectivity index (χ1v) is 5.27. The van der Waals surface area contributed by atoms with Crippen LogP contribution in [0.4, 0.5) is 5.69 Å². The number of nitrogens with one attached hydrogen (secondary N) is 1. The molecule has 1 amide bonds. The summed E-state index contributed by atoms with van der Waals surface area (Å²) in [7, 11) is 0. The number of carbonyl (C=O) groups is 1. The predicted molar refractivity (Wildman–Crippen MR) is 65.0 cm³/mol. The normalized spacial score (nSPS) is 17.8. The Bertz CT molecular complexity index is 540. The van der Waals surface area contributed by atoms with Gasteiger partial charge in [0.05, 0.1) is 22.9 Å². The average molecular weight is 227 g/mol. The van der Waals surface area contributed by atoms with Crippen molar-refractivity contribution in [1.82, 2.24) is 5.43 Å². The minimum atomic E-state index is -0.495. The molecule has 1 aromatic carbocycles. The van der Waals surface area contributed by atoms with Crippen molar-refractivity contribution < 1.29 is 4.79 Å². The number of carbonyl (C=O) groups excluding carboxylic acids is 1. The summed E-state index contributed by atoms with van der Waals surface area (Å²) in [6.45, 7) is 7.61. The minimum absolute atomic E-state index is 0.183. The molecule has 1 fully saturated rings. The molecule has 0 aliphatic carbocycles. The van der Waals surface area contributed by atoms with Crippen LogP contribution in [-0.2, 0) is 4.79 Å². The van der Waals surface area contributed by atoms with Gasteiger partial charge in [-0.15, -0.1) is 0 Å². The molecule has 0 aromatic heterocycles. The molecule has 17 heavy (non-hydrogen) atoms. The van der Waals surface area contributed by atoms with Crippen molar-refractivity contribution in [3.8, 4) is 6.07 Å². The van der Waals surface area contributed by atoms with Crippen LogP contribution in [0.25, 0.3) is 0 Å². The second-order valence-electron chi connectivity index (χ2n) is 4.48. The Labute approximate surface area is 100 Å². The zero-order valence-electron chi connectivity index (χ0n) is 9.82. The van der Waals surface area contributed by atoms with Crippen LogP contribution in [0.3, 0.4) is 0 Å². The Hall–Kier alpha value is -2.28. The van der Waals surface area contributed by atoms with Crippen molar-refractivity contribution >= 4 is 11.6 Å². The van der Waals surface area contributed by atoms with Gasteiger partial charge in [-0.2, -0.15) is 5.26 Å². The van der Waals surface area contributed by atoms with Crippen molar-refractivity contribution in [2.24, 2.45) is 0 Å². The molecule has 0 spiro atoms. The number of benzene rings is 1. The lowest BCUT2D eigenvalue weighted by Crippen LogP contribution is -2.44. The Morgan fingerprint density at radius 2 is 2.18 bits per heavy atom. The first-order valence-electron chi connectivity index (χ1n) is 5.27. The van der Waals surface area contributed by atoms with Crippen molar-refractivity contribution in [2.75, 3.05) is 5.01 Å². The number of rotatable bonds is 1. The molecule has 0 atom stereocenters. The Morgan fingerprint density at radius 1 is 1.47 bits per heavy atom. The molecule has 0 saturated carbocycles. The van der Waals surface area contributed by atoms with Gasteiger partial charge in [0, 0.05) is 5.57 Å². The molecule has 0 unspecified atom stereocenters. The standard InChI is InChI=1S/C13H13N3O/c1-9-12(17)15-16(13(9,2)3)11-6-4-5-10(7-11)8-14/h4-7H,1H2,2-3H3,(H,15,17). The van der Waals surface area contributed by atoms with Crippen LogP contribution in [-0.4, -0.2) is 11.4 Å². The zero-order valence-corrected chi connectivity index (χ0v) is 9.82. The lowest BCUT2D eigenvalue weighted by atomic mass is 9.96. The number of hydrogen-bond acceptors (Lipinski definition) is 3. The number of nitrogens with zero attached hydrogens (tertiary/aromatic N) is 2. The van der Waals surface area contributed by atoms with Crippen LogP contribution >= 0.6 is 0 Å². The molecule has 0 bridgehead atoms. The molecule has 86 valence electrons. The van der Waals surface area contributed by atoms with Crippen LogP contribution in [0.1, 0.15) is 19.4 Å². The fourth-order valence-electron chi connectivity index (χ4n) is 1.82. The van der Waals surface area contributed by atoms with Crippen molar-refractivity contribution in [3.63, 3.8) is 0 Å². The van der Waals surface area contributed by atoms with Crippen molar-refractivity contribution in [2.45, 2.75) is 19.4 Å². The van der Waals surface area contributed by atoms with Crippen molar-refractivity contribution in [3.05, 3.63) is 42.0 Å². The molecule has 4 nitrogen and oxygen atoms in total. The molecule has 1 aliphatic rings. The van der Waals surface area contributed by atoms with E-state index >= 15 is 0 Å².